The summed E-state index contributed by atoms with van der Waals surface area (Å²) in [5.41, 5.74) is 5.21. The molecule has 0 saturated carbocycles. The van der Waals surface area contributed by atoms with E-state index in [0.29, 0.717) is 6.42 Å². The van der Waals surface area contributed by atoms with Gasteiger partial charge >= 0.3 is 0 Å². The number of Topliss-reactive ketones (excluding diaryl/α,β-unsaturated/α-hetero) is 1. The number of hydrogen-bond donors (Lipinski definition) is 2. The highest BCUT2D eigenvalue weighted by atomic mass is 16.1. The largest absolute Gasteiger partial charge is 0.354 e. The van der Waals surface area contributed by atoms with Crippen LogP contribution < -0.4 is 10.6 Å². The molecule has 2 N–H and O–H groups in total. The predicted octanol–water partition coefficient (Wildman–Crippen LogP) is 4.54. The van der Waals surface area contributed by atoms with E-state index < -0.39 is 0 Å². The molecule has 0 aliphatic carbocycles. The molecule has 4 nitrogen and oxygen atoms in total. The molecule has 1 aliphatic heterocycles. The van der Waals surface area contributed by atoms with Crippen LogP contribution in [0.5, 0.6) is 0 Å². The van der Waals surface area contributed by atoms with Gasteiger partial charge in [-0.1, -0.05) is 66.7 Å². The van der Waals surface area contributed by atoms with Gasteiger partial charge in [0, 0.05) is 24.2 Å². The lowest BCUT2D eigenvalue weighted by Gasteiger charge is -2.08. The summed E-state index contributed by atoms with van der Waals surface area (Å²) in [7, 11) is 0. The van der Waals surface area contributed by atoms with Crippen LogP contribution >= 0.6 is 0 Å². The Bertz CT molecular complexity index is 961. The first-order valence-corrected chi connectivity index (χ1v) is 9.61. The number of carbonyl (C=O) groups is 1. The van der Waals surface area contributed by atoms with Crippen LogP contribution in [0, 0.1) is 0 Å². The molecule has 3 aromatic rings. The SMILES string of the molecule is O=C(CCc1ccc(NC2=NCCN2)cc1)c1ccc(-c2ccccc2)cc1. The molecular weight excluding hydrogens is 346 g/mol. The third-order valence-corrected chi connectivity index (χ3v) is 4.85. The summed E-state index contributed by atoms with van der Waals surface area (Å²) < 4.78 is 0. The van der Waals surface area contributed by atoms with Crippen LogP contribution in [0.3, 0.4) is 0 Å². The Balaban J connectivity index is 1.32. The van der Waals surface area contributed by atoms with Gasteiger partial charge in [-0.3, -0.25) is 9.79 Å². The van der Waals surface area contributed by atoms with E-state index in [9.17, 15) is 4.79 Å². The summed E-state index contributed by atoms with van der Waals surface area (Å²) in [5, 5.41) is 6.44. The first-order valence-electron chi connectivity index (χ1n) is 9.61. The molecule has 0 saturated heterocycles. The van der Waals surface area contributed by atoms with Crippen molar-refractivity contribution in [3.05, 3.63) is 90.0 Å². The van der Waals surface area contributed by atoms with E-state index >= 15 is 0 Å². The van der Waals surface area contributed by atoms with E-state index in [0.717, 1.165) is 53.4 Å². The number of aliphatic imine (C=N–C) groups is 1. The van der Waals surface area contributed by atoms with E-state index in [4.69, 9.17) is 0 Å². The first-order chi connectivity index (χ1) is 13.8. The topological polar surface area (TPSA) is 53.5 Å². The third kappa shape index (κ3) is 4.46. The first kappa shape index (κ1) is 18.0. The van der Waals surface area contributed by atoms with E-state index in [1.54, 1.807) is 0 Å². The molecule has 0 fully saturated rings. The van der Waals surface area contributed by atoms with Crippen LogP contribution in [0.1, 0.15) is 22.3 Å². The Morgan fingerprint density at radius 3 is 2.29 bits per heavy atom. The zero-order valence-electron chi connectivity index (χ0n) is 15.7. The minimum Gasteiger partial charge on any atom is -0.354 e. The van der Waals surface area contributed by atoms with Gasteiger partial charge in [0.25, 0.3) is 0 Å². The molecule has 1 heterocycles. The van der Waals surface area contributed by atoms with Crippen molar-refractivity contribution in [1.29, 1.82) is 0 Å². The Morgan fingerprint density at radius 1 is 0.893 bits per heavy atom. The summed E-state index contributed by atoms with van der Waals surface area (Å²) in [4.78, 5) is 16.8. The maximum Gasteiger partial charge on any atom is 0.195 e. The highest BCUT2D eigenvalue weighted by Crippen LogP contribution is 2.20. The van der Waals surface area contributed by atoms with E-state index in [1.807, 2.05) is 54.6 Å². The molecule has 1 aliphatic rings. The Morgan fingerprint density at radius 2 is 1.61 bits per heavy atom. The molecule has 0 unspecified atom stereocenters. The number of anilines is 1. The monoisotopic (exact) mass is 369 g/mol. The molecule has 0 atom stereocenters. The van der Waals surface area contributed by atoms with Gasteiger partial charge in [0.15, 0.2) is 11.7 Å². The molecule has 4 heteroatoms. The normalized spacial score (nSPS) is 12.9. The number of carbonyl (C=O) groups excluding carboxylic acids is 1. The number of ketones is 1. The zero-order chi connectivity index (χ0) is 19.2. The Hall–Kier alpha value is -3.40. The number of aryl methyl sites for hydroxylation is 1. The molecule has 0 spiro atoms. The summed E-state index contributed by atoms with van der Waals surface area (Å²) in [6, 6.07) is 26.2. The number of hydrogen-bond acceptors (Lipinski definition) is 4. The van der Waals surface area contributed by atoms with Crippen molar-refractivity contribution in [2.24, 2.45) is 4.99 Å². The van der Waals surface area contributed by atoms with Crippen molar-refractivity contribution in [2.45, 2.75) is 12.8 Å². The van der Waals surface area contributed by atoms with Crippen molar-refractivity contribution in [1.82, 2.24) is 5.32 Å². The molecule has 140 valence electrons. The molecule has 3 aromatic carbocycles. The second kappa shape index (κ2) is 8.53. The van der Waals surface area contributed by atoms with Gasteiger partial charge in [-0.2, -0.15) is 0 Å². The quantitative estimate of drug-likeness (QED) is 0.627. The molecule has 0 aromatic heterocycles. The standard InChI is InChI=1S/C24H23N3O/c28-23(21-11-9-20(10-12-21)19-4-2-1-3-5-19)15-8-18-6-13-22(14-7-18)27-24-25-16-17-26-24/h1-7,9-14H,8,15-17H2,(H2,25,26,27). The minimum absolute atomic E-state index is 0.173. The van der Waals surface area contributed by atoms with Gasteiger partial charge in [0.1, 0.15) is 0 Å². The zero-order valence-corrected chi connectivity index (χ0v) is 15.7. The third-order valence-electron chi connectivity index (χ3n) is 4.85. The van der Waals surface area contributed by atoms with Gasteiger partial charge in [-0.25, -0.2) is 0 Å². The fourth-order valence-electron chi connectivity index (χ4n) is 3.25. The van der Waals surface area contributed by atoms with Crippen molar-refractivity contribution in [3.63, 3.8) is 0 Å². The van der Waals surface area contributed by atoms with Crippen LogP contribution in [-0.2, 0) is 6.42 Å². The molecule has 4 rings (SSSR count). The fourth-order valence-corrected chi connectivity index (χ4v) is 3.25. The minimum atomic E-state index is 0.173. The van der Waals surface area contributed by atoms with E-state index in [1.165, 1.54) is 0 Å². The van der Waals surface area contributed by atoms with Crippen LogP contribution in [0.25, 0.3) is 11.1 Å². The number of rotatable bonds is 6. The van der Waals surface area contributed by atoms with Gasteiger partial charge in [0.05, 0.1) is 6.54 Å². The summed E-state index contributed by atoms with van der Waals surface area (Å²) >= 11 is 0. The van der Waals surface area contributed by atoms with Crippen LogP contribution in [-0.4, -0.2) is 24.8 Å². The Kier molecular flexibility index (Phi) is 5.48. The molecule has 28 heavy (non-hydrogen) atoms. The second-order valence-electron chi connectivity index (χ2n) is 6.85. The average molecular weight is 369 g/mol. The van der Waals surface area contributed by atoms with Crippen LogP contribution in [0.4, 0.5) is 5.69 Å². The van der Waals surface area contributed by atoms with Crippen LogP contribution in [0.2, 0.25) is 0 Å². The Labute approximate surface area is 165 Å². The summed E-state index contributed by atoms with van der Waals surface area (Å²) in [6.07, 6.45) is 1.24. The van der Waals surface area contributed by atoms with Crippen LogP contribution in [0.15, 0.2) is 83.9 Å². The molecule has 0 bridgehead atoms. The van der Waals surface area contributed by atoms with Gasteiger partial charge in [-0.05, 0) is 35.2 Å². The van der Waals surface area contributed by atoms with Crippen molar-refractivity contribution in [3.8, 4) is 11.1 Å². The average Bonchev–Trinajstić information content (AvgIpc) is 3.27. The van der Waals surface area contributed by atoms with Gasteiger partial charge in [0.2, 0.25) is 0 Å². The predicted molar refractivity (Wildman–Crippen MR) is 115 cm³/mol. The lowest BCUT2D eigenvalue weighted by atomic mass is 9.99. The van der Waals surface area contributed by atoms with Crippen molar-refractivity contribution >= 4 is 17.4 Å². The summed E-state index contributed by atoms with van der Waals surface area (Å²) in [5.74, 6) is 0.994. The smallest absolute Gasteiger partial charge is 0.195 e. The lowest BCUT2D eigenvalue weighted by Crippen LogP contribution is -2.26. The number of benzene rings is 3. The number of guanidine groups is 1. The number of nitrogens with zero attached hydrogens (tertiary/aromatic N) is 1. The van der Waals surface area contributed by atoms with Crippen molar-refractivity contribution < 1.29 is 4.79 Å². The molecular formula is C24H23N3O. The summed E-state index contributed by atoms with van der Waals surface area (Å²) in [6.45, 7) is 1.70. The molecule has 0 radical (unpaired) electrons. The maximum atomic E-state index is 12.5. The molecule has 0 amide bonds. The maximum absolute atomic E-state index is 12.5. The van der Waals surface area contributed by atoms with Gasteiger partial charge in [-0.15, -0.1) is 0 Å². The highest BCUT2D eigenvalue weighted by molar-refractivity contribution is 5.96. The second-order valence-corrected chi connectivity index (χ2v) is 6.85. The van der Waals surface area contributed by atoms with Gasteiger partial charge < -0.3 is 10.6 Å². The van der Waals surface area contributed by atoms with E-state index in [2.05, 4.69) is 39.9 Å². The van der Waals surface area contributed by atoms with E-state index in [-0.39, 0.29) is 5.78 Å². The highest BCUT2D eigenvalue weighted by Gasteiger charge is 2.08. The van der Waals surface area contributed by atoms with Crippen molar-refractivity contribution in [2.75, 3.05) is 18.4 Å². The fraction of sp³-hybridized carbons (Fsp3) is 0.167. The lowest BCUT2D eigenvalue weighted by molar-refractivity contribution is 0.0983. The number of nitrogens with one attached hydrogen (secondary N) is 2.